The summed E-state index contributed by atoms with van der Waals surface area (Å²) < 4.78 is 0. The molecule has 0 bridgehead atoms. The zero-order valence-electron chi connectivity index (χ0n) is 13.1. The average molecular weight is 380 g/mol. The minimum atomic E-state index is -1.56. The fourth-order valence-electron chi connectivity index (χ4n) is 3.96. The Kier molecular flexibility index (Phi) is 4.27. The fraction of sp³-hybridized carbons (Fsp3) is 0.200. The zero-order valence-corrected chi connectivity index (χ0v) is 16.5. The second-order valence-electron chi connectivity index (χ2n) is 6.70. The van der Waals surface area contributed by atoms with E-state index in [1.807, 2.05) is 0 Å². The maximum Gasteiger partial charge on any atom is 0.0881 e. The van der Waals surface area contributed by atoms with Crippen molar-refractivity contribution in [1.82, 2.24) is 0 Å². The van der Waals surface area contributed by atoms with Crippen LogP contribution in [0.2, 0.25) is 13.1 Å². The normalized spacial score (nSPS) is 24.5. The number of fused-ring (bicyclic) bond motifs is 2. The minimum absolute atomic E-state index is 0. The topological polar surface area (TPSA) is 0 Å². The van der Waals surface area contributed by atoms with Crippen LogP contribution in [0.25, 0.3) is 6.08 Å². The predicted molar refractivity (Wildman–Crippen MR) is 93.6 cm³/mol. The van der Waals surface area contributed by atoms with E-state index in [0.717, 1.165) is 0 Å². The van der Waals surface area contributed by atoms with Crippen LogP contribution in [-0.2, 0) is 26.2 Å². The molecular weight excluding hydrogens is 360 g/mol. The summed E-state index contributed by atoms with van der Waals surface area (Å²) in [5, 5.41) is 1.67. The summed E-state index contributed by atoms with van der Waals surface area (Å²) in [5.74, 6) is 0.526. The molecule has 4 rings (SSSR count). The van der Waals surface area contributed by atoms with E-state index < -0.39 is 8.07 Å². The van der Waals surface area contributed by atoms with Crippen LogP contribution >= 0.6 is 0 Å². The van der Waals surface area contributed by atoms with Gasteiger partial charge >= 0.3 is 0 Å². The molecule has 22 heavy (non-hydrogen) atoms. The molecule has 0 aromatic heterocycles. The minimum Gasteiger partial charge on any atom is -0.0788 e. The smallest absolute Gasteiger partial charge is 0.0788 e. The van der Waals surface area contributed by atoms with Gasteiger partial charge in [0, 0.05) is 37.7 Å². The van der Waals surface area contributed by atoms with Crippen molar-refractivity contribution in [3.05, 3.63) is 88.7 Å². The molecule has 2 unspecified atom stereocenters. The van der Waals surface area contributed by atoms with Crippen LogP contribution < -0.4 is 0 Å². The Balaban J connectivity index is 0.00000144. The number of rotatable bonds is 2. The second-order valence-corrected chi connectivity index (χ2v) is 11.3. The molecule has 0 saturated heterocycles. The van der Waals surface area contributed by atoms with Crippen LogP contribution in [0.3, 0.4) is 0 Å². The molecule has 108 valence electrons. The van der Waals surface area contributed by atoms with E-state index in [2.05, 4.69) is 86.0 Å². The van der Waals surface area contributed by atoms with E-state index >= 15 is 0 Å². The van der Waals surface area contributed by atoms with Crippen molar-refractivity contribution in [2.75, 3.05) is 0 Å². The van der Waals surface area contributed by atoms with Crippen molar-refractivity contribution in [1.29, 1.82) is 0 Å². The molecule has 0 radical (unpaired) electrons. The first-order valence-corrected chi connectivity index (χ1v) is 10.8. The van der Waals surface area contributed by atoms with Gasteiger partial charge in [-0.1, -0.05) is 91.2 Å². The Bertz CT molecular complexity index is 747. The van der Waals surface area contributed by atoms with Crippen LogP contribution in [0.4, 0.5) is 0 Å². The van der Waals surface area contributed by atoms with Crippen LogP contribution in [0.5, 0.6) is 0 Å². The number of hydrogen-bond acceptors (Lipinski definition) is 0. The van der Waals surface area contributed by atoms with Crippen molar-refractivity contribution in [2.45, 2.75) is 18.6 Å². The van der Waals surface area contributed by atoms with Crippen LogP contribution in [-0.4, -0.2) is 8.07 Å². The Morgan fingerprint density at radius 2 is 1.73 bits per heavy atom. The summed E-state index contributed by atoms with van der Waals surface area (Å²) in [4.78, 5) is 0. The van der Waals surface area contributed by atoms with Gasteiger partial charge in [0.15, 0.2) is 0 Å². The van der Waals surface area contributed by atoms with Gasteiger partial charge < -0.3 is 0 Å². The molecule has 0 heterocycles. The molecule has 1 aromatic carbocycles. The van der Waals surface area contributed by atoms with Gasteiger partial charge in [-0.2, -0.15) is 0 Å². The monoisotopic (exact) mass is 378 g/mol. The Morgan fingerprint density at radius 1 is 0.909 bits per heavy atom. The van der Waals surface area contributed by atoms with Crippen LogP contribution in [0.1, 0.15) is 16.7 Å². The average Bonchev–Trinajstić information content (AvgIpc) is 3.12. The van der Waals surface area contributed by atoms with Gasteiger partial charge in [-0.05, 0) is 16.7 Å². The molecule has 0 nitrogen and oxygen atoms in total. The molecule has 0 fully saturated rings. The molecule has 1 aromatic rings. The molecule has 0 N–H and O–H groups in total. The van der Waals surface area contributed by atoms with Crippen molar-refractivity contribution >= 4 is 14.1 Å². The molecule has 3 aliphatic carbocycles. The SMILES string of the molecule is C[Si](C)(C1=CC=C2C=CC=CC21)C1C=Cc2ccccc21.[Zr]. The second kappa shape index (κ2) is 5.91. The molecule has 2 heteroatoms. The first kappa shape index (κ1) is 15.9. The van der Waals surface area contributed by atoms with E-state index in [9.17, 15) is 0 Å². The summed E-state index contributed by atoms with van der Waals surface area (Å²) in [6.45, 7) is 5.05. The molecule has 3 aliphatic rings. The fourth-order valence-corrected chi connectivity index (χ4v) is 7.52. The van der Waals surface area contributed by atoms with Crippen molar-refractivity contribution in [3.63, 3.8) is 0 Å². The molecule has 0 amide bonds. The van der Waals surface area contributed by atoms with E-state index in [0.29, 0.717) is 11.5 Å². The zero-order chi connectivity index (χ0) is 14.4. The van der Waals surface area contributed by atoms with E-state index in [4.69, 9.17) is 0 Å². The predicted octanol–water partition coefficient (Wildman–Crippen LogP) is 5.19. The van der Waals surface area contributed by atoms with Gasteiger partial charge in [0.25, 0.3) is 0 Å². The van der Waals surface area contributed by atoms with Gasteiger partial charge in [0.1, 0.15) is 0 Å². The van der Waals surface area contributed by atoms with E-state index in [-0.39, 0.29) is 26.2 Å². The van der Waals surface area contributed by atoms with Crippen molar-refractivity contribution in [2.24, 2.45) is 5.92 Å². The Labute approximate surface area is 153 Å². The third kappa shape index (κ3) is 2.37. The Hall–Kier alpha value is -0.980. The Morgan fingerprint density at radius 3 is 2.59 bits per heavy atom. The third-order valence-electron chi connectivity index (χ3n) is 5.17. The van der Waals surface area contributed by atoms with Crippen LogP contribution in [0, 0.1) is 5.92 Å². The maximum absolute atomic E-state index is 2.53. The molecular formula is C20H20SiZr. The molecule has 0 aliphatic heterocycles. The largest absolute Gasteiger partial charge is 0.0881 e. The van der Waals surface area contributed by atoms with Gasteiger partial charge in [-0.25, -0.2) is 0 Å². The summed E-state index contributed by atoms with van der Waals surface area (Å²) in [7, 11) is -1.56. The van der Waals surface area contributed by atoms with Gasteiger partial charge in [0.2, 0.25) is 0 Å². The number of hydrogen-bond donors (Lipinski definition) is 0. The quantitative estimate of drug-likeness (QED) is 0.620. The van der Waals surface area contributed by atoms with Gasteiger partial charge in [-0.15, -0.1) is 0 Å². The molecule has 0 saturated carbocycles. The third-order valence-corrected chi connectivity index (χ3v) is 9.20. The maximum atomic E-state index is 2.53. The van der Waals surface area contributed by atoms with Crippen molar-refractivity contribution < 1.29 is 26.2 Å². The van der Waals surface area contributed by atoms with Crippen LogP contribution in [0.15, 0.2) is 77.6 Å². The summed E-state index contributed by atoms with van der Waals surface area (Å²) in [5.41, 5.74) is 5.00. The summed E-state index contributed by atoms with van der Waals surface area (Å²) >= 11 is 0. The van der Waals surface area contributed by atoms with Gasteiger partial charge in [-0.3, -0.25) is 0 Å². The molecule has 0 spiro atoms. The standard InChI is InChI=1S/C20H20Si.Zr/c1-21(2,19-13-11-15-7-3-5-9-17(15)19)20-14-12-16-8-4-6-10-18(16)20;/h3-14,17,20H,1-2H3;. The first-order chi connectivity index (χ1) is 10.2. The van der Waals surface area contributed by atoms with Crippen molar-refractivity contribution in [3.8, 4) is 0 Å². The number of benzene rings is 1. The van der Waals surface area contributed by atoms with Gasteiger partial charge in [0.05, 0.1) is 8.07 Å². The first-order valence-electron chi connectivity index (χ1n) is 7.72. The van der Waals surface area contributed by atoms with E-state index in [1.54, 1.807) is 5.20 Å². The summed E-state index contributed by atoms with van der Waals surface area (Å²) in [6, 6.07) is 8.88. The summed E-state index contributed by atoms with van der Waals surface area (Å²) in [6.07, 6.45) is 18.5. The number of allylic oxidation sites excluding steroid dienone is 9. The molecule has 2 atom stereocenters. The van der Waals surface area contributed by atoms with E-state index in [1.165, 1.54) is 16.7 Å².